The van der Waals surface area contributed by atoms with Gasteiger partial charge >= 0.3 is 12.1 Å². The maximum atomic E-state index is 14.1. The second-order valence-electron chi connectivity index (χ2n) is 14.2. The lowest BCUT2D eigenvalue weighted by molar-refractivity contribution is -0.129. The van der Waals surface area contributed by atoms with Crippen LogP contribution in [0.25, 0.3) is 0 Å². The second-order valence-corrected chi connectivity index (χ2v) is 15.0. The van der Waals surface area contributed by atoms with E-state index in [2.05, 4.69) is 44.2 Å². The molecule has 4 aliphatic rings. The predicted molar refractivity (Wildman–Crippen MR) is 187 cm³/mol. The molecule has 0 unspecified atom stereocenters. The van der Waals surface area contributed by atoms with E-state index in [0.717, 1.165) is 90.1 Å². The molecule has 6 rings (SSSR count). The maximum absolute atomic E-state index is 14.1. The first-order valence-electron chi connectivity index (χ1n) is 17.4. The highest BCUT2D eigenvalue weighted by atomic mass is 79.9. The number of rotatable bonds is 7. The lowest BCUT2D eigenvalue weighted by Gasteiger charge is -2.57. The summed E-state index contributed by atoms with van der Waals surface area (Å²) < 4.78 is 7.09. The van der Waals surface area contributed by atoms with E-state index < -0.39 is 11.8 Å². The number of aryl methyl sites for hydroxylation is 2. The van der Waals surface area contributed by atoms with E-state index in [1.165, 1.54) is 12.8 Å². The normalized spacial score (nSPS) is 25.2. The summed E-state index contributed by atoms with van der Waals surface area (Å²) in [7, 11) is 2.21. The van der Waals surface area contributed by atoms with Gasteiger partial charge in [0.1, 0.15) is 18.6 Å². The number of benzene rings is 2. The van der Waals surface area contributed by atoms with E-state index in [1.807, 2.05) is 54.0 Å². The van der Waals surface area contributed by atoms with Crippen LogP contribution >= 0.6 is 15.9 Å². The van der Waals surface area contributed by atoms with Crippen LogP contribution < -0.4 is 5.32 Å². The lowest BCUT2D eigenvalue weighted by Crippen LogP contribution is -2.69. The van der Waals surface area contributed by atoms with E-state index in [4.69, 9.17) is 4.74 Å². The van der Waals surface area contributed by atoms with E-state index in [9.17, 15) is 14.4 Å². The molecule has 0 radical (unpaired) electrons. The number of aldehydes is 1. The number of hydrogen-bond donors (Lipinski definition) is 1. The first-order chi connectivity index (χ1) is 22.7. The van der Waals surface area contributed by atoms with Crippen LogP contribution in [0.4, 0.5) is 15.3 Å². The summed E-state index contributed by atoms with van der Waals surface area (Å²) in [6, 6.07) is 11.8. The number of nitrogens with one attached hydrogen (secondary N) is 1. The van der Waals surface area contributed by atoms with Gasteiger partial charge in [-0.05, 0) is 113 Å². The molecule has 0 spiro atoms. The Morgan fingerprint density at radius 3 is 2.32 bits per heavy atom. The summed E-state index contributed by atoms with van der Waals surface area (Å²) in [5.41, 5.74) is 4.25. The Morgan fingerprint density at radius 1 is 0.979 bits per heavy atom. The van der Waals surface area contributed by atoms with Crippen molar-refractivity contribution >= 4 is 40.0 Å². The minimum Gasteiger partial charge on any atom is -0.445 e. The van der Waals surface area contributed by atoms with E-state index in [0.29, 0.717) is 31.8 Å². The molecule has 0 bridgehead atoms. The third-order valence-corrected chi connectivity index (χ3v) is 12.6. The zero-order chi connectivity index (χ0) is 33.1. The molecule has 254 valence electrons. The quantitative estimate of drug-likeness (QED) is 0.327. The van der Waals surface area contributed by atoms with Crippen molar-refractivity contribution in [2.45, 2.75) is 83.5 Å². The standard InChI is InChI=1S/C37H50BrN5O4/c1-26-22-28(23-27(2)34(26)38)25-47-36(46)43-20-13-32(42-19-12-31-6-4-5-7-33(31)39-35(42)45)24-37(43,14-21-44)41-17-10-30(11-18-41)29-8-15-40(3)16-9-29/h4-7,21-23,29-30,32H,8-20,24-25H2,1-3H3,(H,39,45)/t32-,37+/m1/s1. The average Bonchev–Trinajstić information content (AvgIpc) is 3.24. The predicted octanol–water partition coefficient (Wildman–Crippen LogP) is 6.60. The Hall–Kier alpha value is -2.95. The van der Waals surface area contributed by atoms with Gasteiger partial charge < -0.3 is 24.6 Å². The molecular weight excluding hydrogens is 658 g/mol. The van der Waals surface area contributed by atoms with Gasteiger partial charge in [0.05, 0.1) is 0 Å². The second kappa shape index (κ2) is 14.7. The molecule has 3 amide bonds. The van der Waals surface area contributed by atoms with Gasteiger partial charge in [-0.1, -0.05) is 46.3 Å². The molecule has 2 aromatic rings. The third-order valence-electron chi connectivity index (χ3n) is 11.4. The van der Waals surface area contributed by atoms with Gasteiger partial charge in [-0.25, -0.2) is 9.59 Å². The highest BCUT2D eigenvalue weighted by Crippen LogP contribution is 2.42. The summed E-state index contributed by atoms with van der Waals surface area (Å²) in [5, 5.41) is 3.13. The Labute approximate surface area is 288 Å². The lowest BCUT2D eigenvalue weighted by atomic mass is 9.77. The van der Waals surface area contributed by atoms with Crippen molar-refractivity contribution in [1.82, 2.24) is 19.6 Å². The first kappa shape index (κ1) is 33.9. The van der Waals surface area contributed by atoms with Crippen LogP contribution in [0.2, 0.25) is 0 Å². The Balaban J connectivity index is 1.24. The highest BCUT2D eigenvalue weighted by Gasteiger charge is 2.52. The molecule has 3 fully saturated rings. The monoisotopic (exact) mass is 707 g/mol. The van der Waals surface area contributed by atoms with Crippen molar-refractivity contribution in [2.75, 3.05) is 51.6 Å². The van der Waals surface area contributed by atoms with Crippen LogP contribution in [0.1, 0.15) is 67.2 Å². The van der Waals surface area contributed by atoms with Crippen molar-refractivity contribution in [3.63, 3.8) is 0 Å². The van der Waals surface area contributed by atoms with Crippen LogP contribution in [-0.4, -0.2) is 96.0 Å². The number of piperidine rings is 3. The van der Waals surface area contributed by atoms with Gasteiger partial charge in [-0.2, -0.15) is 0 Å². The number of carbonyl (C=O) groups excluding carboxylic acids is 3. The van der Waals surface area contributed by atoms with Crippen LogP contribution in [0.5, 0.6) is 0 Å². The molecule has 4 aliphatic heterocycles. The topological polar surface area (TPSA) is 85.4 Å². The minimum atomic E-state index is -0.857. The van der Waals surface area contributed by atoms with E-state index >= 15 is 0 Å². The molecule has 10 heteroatoms. The number of hydrogen-bond acceptors (Lipinski definition) is 6. The summed E-state index contributed by atoms with van der Waals surface area (Å²) >= 11 is 3.63. The molecule has 3 saturated heterocycles. The van der Waals surface area contributed by atoms with Gasteiger partial charge in [0, 0.05) is 55.2 Å². The highest BCUT2D eigenvalue weighted by molar-refractivity contribution is 9.10. The number of anilines is 1. The Morgan fingerprint density at radius 2 is 1.64 bits per heavy atom. The summed E-state index contributed by atoms with van der Waals surface area (Å²) in [5.74, 6) is 1.39. The first-order valence-corrected chi connectivity index (χ1v) is 18.2. The van der Waals surface area contributed by atoms with Crippen LogP contribution in [0.15, 0.2) is 40.9 Å². The van der Waals surface area contributed by atoms with Gasteiger partial charge in [-0.3, -0.25) is 9.80 Å². The zero-order valence-electron chi connectivity index (χ0n) is 28.2. The minimum absolute atomic E-state index is 0.113. The summed E-state index contributed by atoms with van der Waals surface area (Å²) in [6.07, 6.45) is 7.24. The third kappa shape index (κ3) is 7.25. The van der Waals surface area contributed by atoms with Crippen molar-refractivity contribution in [2.24, 2.45) is 11.8 Å². The van der Waals surface area contributed by atoms with Crippen molar-refractivity contribution in [3.05, 3.63) is 63.1 Å². The fraction of sp³-hybridized carbons (Fsp3) is 0.595. The molecule has 0 saturated carbocycles. The van der Waals surface area contributed by atoms with Crippen LogP contribution in [0.3, 0.4) is 0 Å². The SMILES string of the molecule is Cc1cc(COC(=O)N2CC[C@@H](N3CCc4ccccc4NC3=O)C[C@@]2(CC=O)N2CCC(C3CCN(C)CC3)CC2)cc(C)c1Br. The number of carbonyl (C=O) groups is 3. The molecule has 9 nitrogen and oxygen atoms in total. The number of nitrogens with zero attached hydrogens (tertiary/aromatic N) is 4. The number of fused-ring (bicyclic) bond motifs is 1. The van der Waals surface area contributed by atoms with Gasteiger partial charge in [0.15, 0.2) is 0 Å². The number of para-hydroxylation sites is 1. The molecule has 2 atom stereocenters. The number of urea groups is 1. The van der Waals surface area contributed by atoms with E-state index in [1.54, 1.807) is 0 Å². The Bertz CT molecular complexity index is 1430. The smallest absolute Gasteiger partial charge is 0.411 e. The number of likely N-dealkylation sites (tertiary alicyclic amines) is 3. The van der Waals surface area contributed by atoms with Crippen molar-refractivity contribution < 1.29 is 19.1 Å². The van der Waals surface area contributed by atoms with Gasteiger partial charge in [0.2, 0.25) is 0 Å². The van der Waals surface area contributed by atoms with Crippen LogP contribution in [-0.2, 0) is 22.6 Å². The molecule has 47 heavy (non-hydrogen) atoms. The number of amides is 3. The Kier molecular flexibility index (Phi) is 10.6. The largest absolute Gasteiger partial charge is 0.445 e. The number of halogens is 1. The molecule has 1 N–H and O–H groups in total. The molecule has 2 aromatic carbocycles. The summed E-state index contributed by atoms with van der Waals surface area (Å²) in [4.78, 5) is 48.9. The van der Waals surface area contributed by atoms with Gasteiger partial charge in [0.25, 0.3) is 0 Å². The van der Waals surface area contributed by atoms with Crippen molar-refractivity contribution in [3.8, 4) is 0 Å². The van der Waals surface area contributed by atoms with E-state index in [-0.39, 0.29) is 25.1 Å². The maximum Gasteiger partial charge on any atom is 0.411 e. The molecule has 0 aliphatic carbocycles. The fourth-order valence-electron chi connectivity index (χ4n) is 8.73. The average molecular weight is 709 g/mol. The fourth-order valence-corrected chi connectivity index (χ4v) is 8.95. The summed E-state index contributed by atoms with van der Waals surface area (Å²) in [6.45, 7) is 9.20. The molecular formula is C37H50BrN5O4. The van der Waals surface area contributed by atoms with Crippen molar-refractivity contribution in [1.29, 1.82) is 0 Å². The molecule has 0 aromatic heterocycles. The van der Waals surface area contributed by atoms with Gasteiger partial charge in [-0.15, -0.1) is 0 Å². The van der Waals surface area contributed by atoms with Crippen LogP contribution in [0, 0.1) is 25.7 Å². The number of ether oxygens (including phenoxy) is 1. The zero-order valence-corrected chi connectivity index (χ0v) is 29.8. The molecule has 4 heterocycles.